The molecule has 0 bridgehead atoms. The van der Waals surface area contributed by atoms with Crippen molar-refractivity contribution in [1.82, 2.24) is 10.3 Å². The van der Waals surface area contributed by atoms with E-state index < -0.39 is 11.2 Å². The van der Waals surface area contributed by atoms with E-state index in [2.05, 4.69) is 22.4 Å². The van der Waals surface area contributed by atoms with Gasteiger partial charge in [0.2, 0.25) is 5.91 Å². The molecule has 1 atom stereocenters. The predicted octanol–water partition coefficient (Wildman–Crippen LogP) is 4.60. The number of primary amides is 1. The highest BCUT2D eigenvalue weighted by molar-refractivity contribution is 8.00. The van der Waals surface area contributed by atoms with Crippen molar-refractivity contribution in [2.45, 2.75) is 49.0 Å². The molecule has 1 aliphatic rings. The van der Waals surface area contributed by atoms with Crippen molar-refractivity contribution in [2.24, 2.45) is 5.73 Å². The molecule has 9 heteroatoms. The van der Waals surface area contributed by atoms with E-state index >= 15 is 0 Å². The van der Waals surface area contributed by atoms with Crippen molar-refractivity contribution in [1.29, 1.82) is 10.5 Å². The zero-order valence-corrected chi connectivity index (χ0v) is 22.0. The highest BCUT2D eigenvalue weighted by Gasteiger charge is 2.29. The van der Waals surface area contributed by atoms with Crippen LogP contribution in [-0.4, -0.2) is 30.0 Å². The molecule has 1 aromatic heterocycles. The number of rotatable bonds is 9. The molecule has 3 N–H and O–H groups in total. The highest BCUT2D eigenvalue weighted by atomic mass is 32.2. The third kappa shape index (κ3) is 6.13. The average molecular weight is 529 g/mol. The second kappa shape index (κ2) is 12.6. The lowest BCUT2D eigenvalue weighted by atomic mass is 9.99. The van der Waals surface area contributed by atoms with Crippen LogP contribution in [0.15, 0.2) is 59.6 Å². The van der Waals surface area contributed by atoms with Crippen LogP contribution in [0.1, 0.15) is 52.8 Å². The number of thioether (sulfide) groups is 1. The summed E-state index contributed by atoms with van der Waals surface area (Å²) in [5.74, 6) is -0.233. The fourth-order valence-corrected chi connectivity index (χ4v) is 5.75. The van der Waals surface area contributed by atoms with E-state index in [4.69, 9.17) is 10.7 Å². The van der Waals surface area contributed by atoms with Crippen LogP contribution in [0.5, 0.6) is 0 Å². The van der Waals surface area contributed by atoms with Crippen LogP contribution < -0.4 is 16.0 Å². The number of benzene rings is 2. The molecule has 1 saturated heterocycles. The summed E-state index contributed by atoms with van der Waals surface area (Å²) < 4.78 is 13.2. The first-order chi connectivity index (χ1) is 18.4. The zero-order chi connectivity index (χ0) is 27.1. The maximum absolute atomic E-state index is 13.2. The Labute approximate surface area is 226 Å². The van der Waals surface area contributed by atoms with Gasteiger partial charge in [0.05, 0.1) is 11.1 Å². The van der Waals surface area contributed by atoms with Crippen LogP contribution in [0.4, 0.5) is 10.2 Å². The molecule has 2 heterocycles. The van der Waals surface area contributed by atoms with Gasteiger partial charge in [-0.2, -0.15) is 10.5 Å². The summed E-state index contributed by atoms with van der Waals surface area (Å²) in [7, 11) is 0. The van der Waals surface area contributed by atoms with Crippen molar-refractivity contribution in [3.05, 3.63) is 88.2 Å². The number of anilines is 1. The van der Waals surface area contributed by atoms with E-state index in [0.29, 0.717) is 53.6 Å². The Bertz CT molecular complexity index is 1360. The molecule has 0 radical (unpaired) electrons. The van der Waals surface area contributed by atoms with E-state index in [0.717, 1.165) is 35.7 Å². The fraction of sp³-hybridized carbons (Fsp3) is 0.310. The van der Waals surface area contributed by atoms with Crippen LogP contribution >= 0.6 is 11.8 Å². The number of hydrogen-bond acceptors (Lipinski definition) is 7. The molecule has 0 saturated carbocycles. The molecule has 38 heavy (non-hydrogen) atoms. The number of nitrogens with zero attached hydrogens (tertiary/aromatic N) is 4. The lowest BCUT2D eigenvalue weighted by Crippen LogP contribution is -2.43. The van der Waals surface area contributed by atoms with Crippen molar-refractivity contribution in [3.63, 3.8) is 0 Å². The summed E-state index contributed by atoms with van der Waals surface area (Å²) in [6.07, 6.45) is 2.16. The highest BCUT2D eigenvalue weighted by Crippen LogP contribution is 2.39. The predicted molar refractivity (Wildman–Crippen MR) is 146 cm³/mol. The molecule has 1 amide bonds. The lowest BCUT2D eigenvalue weighted by Gasteiger charge is -2.34. The maximum atomic E-state index is 13.2. The van der Waals surface area contributed by atoms with Gasteiger partial charge in [0.1, 0.15) is 34.0 Å². The molecule has 3 aromatic rings. The van der Waals surface area contributed by atoms with Crippen molar-refractivity contribution >= 4 is 23.5 Å². The molecular weight excluding hydrogens is 499 g/mol. The standard InChI is InChI=1S/C29H29FN6OS/c1-2-23-24(16-31)28(36-14-12-22(13-15-36)34-18-19-8-10-21(30)11-9-19)35-29(25(23)17-32)38-26(27(33)37)20-6-4-3-5-7-20/h3-11,22,26,34H,2,12-15,18H2,1H3,(H2,33,37). The van der Waals surface area contributed by atoms with E-state index in [1.807, 2.05) is 37.3 Å². The average Bonchev–Trinajstić information content (AvgIpc) is 2.95. The second-order valence-electron chi connectivity index (χ2n) is 9.13. The Morgan fingerprint density at radius 1 is 1.13 bits per heavy atom. The molecule has 0 aliphatic carbocycles. The molecule has 2 aromatic carbocycles. The third-order valence-corrected chi connectivity index (χ3v) is 7.98. The van der Waals surface area contributed by atoms with E-state index in [9.17, 15) is 19.7 Å². The Morgan fingerprint density at radius 3 is 2.37 bits per heavy atom. The fourth-order valence-electron chi connectivity index (χ4n) is 4.69. The number of nitrogens with two attached hydrogens (primary N) is 1. The Kier molecular flexibility index (Phi) is 8.96. The van der Waals surface area contributed by atoms with Crippen LogP contribution in [0.25, 0.3) is 0 Å². The van der Waals surface area contributed by atoms with Gasteiger partial charge in [0.25, 0.3) is 0 Å². The molecule has 1 unspecified atom stereocenters. The Balaban J connectivity index is 1.57. The summed E-state index contributed by atoms with van der Waals surface area (Å²) in [6.45, 7) is 3.92. The smallest absolute Gasteiger partial charge is 0.235 e. The molecule has 1 aliphatic heterocycles. The van der Waals surface area contributed by atoms with Gasteiger partial charge >= 0.3 is 0 Å². The first kappa shape index (κ1) is 27.1. The number of carbonyl (C=O) groups is 1. The van der Waals surface area contributed by atoms with Crippen LogP contribution in [0, 0.1) is 28.5 Å². The van der Waals surface area contributed by atoms with Crippen LogP contribution in [-0.2, 0) is 17.8 Å². The van der Waals surface area contributed by atoms with Crippen LogP contribution in [0.2, 0.25) is 0 Å². The van der Waals surface area contributed by atoms with Crippen molar-refractivity contribution in [2.75, 3.05) is 18.0 Å². The van der Waals surface area contributed by atoms with E-state index in [1.165, 1.54) is 12.1 Å². The van der Waals surface area contributed by atoms with Gasteiger partial charge < -0.3 is 16.0 Å². The molecule has 1 fully saturated rings. The van der Waals surface area contributed by atoms with Crippen LogP contribution in [0.3, 0.4) is 0 Å². The number of nitriles is 2. The third-order valence-electron chi connectivity index (χ3n) is 6.72. The van der Waals surface area contributed by atoms with Gasteiger partial charge in [0, 0.05) is 25.7 Å². The van der Waals surface area contributed by atoms with Crippen molar-refractivity contribution < 1.29 is 9.18 Å². The topological polar surface area (TPSA) is 119 Å². The minimum atomic E-state index is -0.720. The van der Waals surface area contributed by atoms with Gasteiger partial charge in [-0.05, 0) is 48.1 Å². The SMILES string of the molecule is CCc1c(C#N)c(SC(C(N)=O)c2ccccc2)nc(N2CCC(NCc3ccc(F)cc3)CC2)c1C#N. The number of pyridine rings is 1. The number of piperidine rings is 1. The van der Waals surface area contributed by atoms with E-state index in [-0.39, 0.29) is 11.9 Å². The number of halogens is 1. The number of aromatic nitrogens is 1. The Morgan fingerprint density at radius 2 is 1.79 bits per heavy atom. The lowest BCUT2D eigenvalue weighted by molar-refractivity contribution is -0.117. The number of nitrogens with one attached hydrogen (secondary N) is 1. The van der Waals surface area contributed by atoms with E-state index in [1.54, 1.807) is 12.1 Å². The van der Waals surface area contributed by atoms with Gasteiger partial charge in [-0.1, -0.05) is 61.2 Å². The summed E-state index contributed by atoms with van der Waals surface area (Å²) in [5, 5.41) is 23.3. The Hall–Kier alpha value is -3.92. The number of hydrogen-bond donors (Lipinski definition) is 2. The van der Waals surface area contributed by atoms with Crippen molar-refractivity contribution in [3.8, 4) is 12.1 Å². The molecule has 4 rings (SSSR count). The second-order valence-corrected chi connectivity index (χ2v) is 10.2. The first-order valence-electron chi connectivity index (χ1n) is 12.6. The maximum Gasteiger partial charge on any atom is 0.235 e. The largest absolute Gasteiger partial charge is 0.368 e. The minimum Gasteiger partial charge on any atom is -0.368 e. The molecule has 7 nitrogen and oxygen atoms in total. The van der Waals surface area contributed by atoms with Gasteiger partial charge in [0.15, 0.2) is 0 Å². The van der Waals surface area contributed by atoms with Gasteiger partial charge in [-0.3, -0.25) is 4.79 Å². The monoisotopic (exact) mass is 528 g/mol. The summed E-state index contributed by atoms with van der Waals surface area (Å²) in [6, 6.07) is 20.4. The van der Waals surface area contributed by atoms with Gasteiger partial charge in [-0.25, -0.2) is 9.37 Å². The summed E-state index contributed by atoms with van der Waals surface area (Å²) >= 11 is 1.15. The summed E-state index contributed by atoms with van der Waals surface area (Å²) in [4.78, 5) is 19.3. The molecule has 0 spiro atoms. The minimum absolute atomic E-state index is 0.250. The zero-order valence-electron chi connectivity index (χ0n) is 21.2. The first-order valence-corrected chi connectivity index (χ1v) is 13.4. The molecular formula is C29H29FN6OS. The number of carbonyl (C=O) groups excluding carboxylic acids is 1. The summed E-state index contributed by atoms with van der Waals surface area (Å²) in [5.41, 5.74) is 8.85. The number of amides is 1. The molecule has 194 valence electrons. The normalized spacial score (nSPS) is 14.5. The quantitative estimate of drug-likeness (QED) is 0.390. The van der Waals surface area contributed by atoms with Gasteiger partial charge in [-0.15, -0.1) is 0 Å².